The normalized spacial score (nSPS) is 17.0. The average molecular weight is 1040 g/mol. The minimum atomic E-state index is -3.17. The van der Waals surface area contributed by atoms with Crippen molar-refractivity contribution in [2.24, 2.45) is 0 Å². The lowest BCUT2D eigenvalue weighted by Crippen LogP contribution is -2.42. The smallest absolute Gasteiger partial charge is 0.186 e. The van der Waals surface area contributed by atoms with E-state index >= 15 is 0 Å². The summed E-state index contributed by atoms with van der Waals surface area (Å²) in [7, 11) is -6.35. The Morgan fingerprint density at radius 2 is 0.676 bits per heavy atom. The van der Waals surface area contributed by atoms with Gasteiger partial charge in [-0.3, -0.25) is 0 Å². The van der Waals surface area contributed by atoms with Gasteiger partial charge in [0.1, 0.15) is 4.90 Å². The van der Waals surface area contributed by atoms with E-state index in [0.717, 1.165) is 83.5 Å². The Kier molecular flexibility index (Phi) is 14.7. The van der Waals surface area contributed by atoms with Crippen molar-refractivity contribution < 1.29 is 19.6 Å². The van der Waals surface area contributed by atoms with Crippen molar-refractivity contribution in [3.63, 3.8) is 0 Å². The standard InChI is InChI=1S/C68H92O4P2/c1-60(2,3)40-28-32-44(50(36-40)64(13,14)15)45-26-25-27-49-54(45)57-55(49)56(46-33-29-41(61(4,5)6)37-51(46)65(16,17)18)58(47-34-30-42(62(7,8)9)38-52(47)66(19,20)21)68(73(69)70,74(71)72)59(57)48-35-31-43(63(10,11)12)39-53(48)67(22,23)24/h25-39,59,69-72H,1-24H3. The van der Waals surface area contributed by atoms with Gasteiger partial charge in [0.2, 0.25) is 0 Å². The molecule has 1 unspecified atom stereocenters. The van der Waals surface area contributed by atoms with Gasteiger partial charge in [-0.15, -0.1) is 0 Å². The van der Waals surface area contributed by atoms with Gasteiger partial charge in [0, 0.05) is 5.92 Å². The Hall–Kier alpha value is -3.72. The number of hydrogen-bond donors (Lipinski definition) is 4. The Bertz CT molecular complexity index is 3060. The molecule has 1 atom stereocenters. The van der Waals surface area contributed by atoms with Crippen LogP contribution in [0.5, 0.6) is 0 Å². The van der Waals surface area contributed by atoms with E-state index < -0.39 is 38.4 Å². The van der Waals surface area contributed by atoms with Crippen LogP contribution in [0.1, 0.15) is 244 Å². The molecular formula is C68H92O4P2. The minimum absolute atomic E-state index is 0.0775. The Balaban J connectivity index is 1.85. The summed E-state index contributed by atoms with van der Waals surface area (Å²) in [5, 5.41) is 0. The van der Waals surface area contributed by atoms with Crippen LogP contribution in [0.3, 0.4) is 0 Å². The molecule has 0 heterocycles. The number of fused-ring (bicyclic) bond motifs is 3. The van der Waals surface area contributed by atoms with Gasteiger partial charge in [-0.25, -0.2) is 0 Å². The predicted molar refractivity (Wildman–Crippen MR) is 323 cm³/mol. The molecular weight excluding hydrogens is 943 g/mol. The fourth-order valence-corrected chi connectivity index (χ4v) is 14.2. The van der Waals surface area contributed by atoms with Crippen LogP contribution in [0.25, 0.3) is 33.4 Å². The van der Waals surface area contributed by atoms with E-state index in [2.05, 4.69) is 257 Å². The van der Waals surface area contributed by atoms with E-state index in [1.165, 1.54) is 16.7 Å². The molecule has 5 aromatic carbocycles. The summed E-state index contributed by atoms with van der Waals surface area (Å²) in [6.45, 7) is 53.9. The highest BCUT2D eigenvalue weighted by Crippen LogP contribution is 2.80. The Morgan fingerprint density at radius 3 is 1.07 bits per heavy atom. The minimum Gasteiger partial charge on any atom is -0.349 e. The van der Waals surface area contributed by atoms with Crippen molar-refractivity contribution in [1.82, 2.24) is 0 Å². The maximum atomic E-state index is 13.1. The molecule has 398 valence electrons. The lowest BCUT2D eigenvalue weighted by atomic mass is 9.58. The molecule has 0 saturated carbocycles. The third kappa shape index (κ3) is 10.2. The van der Waals surface area contributed by atoms with Crippen molar-refractivity contribution in [2.75, 3.05) is 0 Å². The lowest BCUT2D eigenvalue weighted by molar-refractivity contribution is 0.423. The molecule has 0 aromatic heterocycles. The third-order valence-corrected chi connectivity index (χ3v) is 19.2. The maximum absolute atomic E-state index is 13.1. The highest BCUT2D eigenvalue weighted by atomic mass is 31.2. The summed E-state index contributed by atoms with van der Waals surface area (Å²) in [4.78, 5) is 50.5. The Morgan fingerprint density at radius 1 is 0.338 bits per heavy atom. The number of allylic oxidation sites excluding steroid dienone is 4. The Labute approximate surface area is 451 Å². The summed E-state index contributed by atoms with van der Waals surface area (Å²) >= 11 is 0. The van der Waals surface area contributed by atoms with Gasteiger partial charge in [-0.1, -0.05) is 257 Å². The van der Waals surface area contributed by atoms with Gasteiger partial charge in [-0.2, -0.15) is 0 Å². The van der Waals surface area contributed by atoms with E-state index in [1.54, 1.807) is 0 Å². The first-order chi connectivity index (χ1) is 33.5. The molecule has 2 aliphatic carbocycles. The van der Waals surface area contributed by atoms with Gasteiger partial charge in [0.05, 0.1) is 0 Å². The molecule has 0 amide bonds. The fraction of sp³-hybridized carbons (Fsp3) is 0.500. The van der Waals surface area contributed by atoms with Gasteiger partial charge in [0.25, 0.3) is 0 Å². The van der Waals surface area contributed by atoms with E-state index in [9.17, 15) is 19.6 Å². The van der Waals surface area contributed by atoms with Crippen LogP contribution in [0, 0.1) is 0 Å². The van der Waals surface area contributed by atoms with Crippen LogP contribution >= 0.6 is 16.8 Å². The zero-order valence-corrected chi connectivity index (χ0v) is 51.7. The quantitative estimate of drug-likeness (QED) is 0.128. The van der Waals surface area contributed by atoms with Crippen LogP contribution in [0.2, 0.25) is 0 Å². The zero-order valence-electron chi connectivity index (χ0n) is 49.9. The molecule has 4 N–H and O–H groups in total. The summed E-state index contributed by atoms with van der Waals surface area (Å²) < 4.78 is 0. The summed E-state index contributed by atoms with van der Waals surface area (Å²) in [5.74, 6) is -0.899. The lowest BCUT2D eigenvalue weighted by Gasteiger charge is -2.54. The van der Waals surface area contributed by atoms with E-state index in [0.29, 0.717) is 5.57 Å². The zero-order chi connectivity index (χ0) is 55.8. The summed E-state index contributed by atoms with van der Waals surface area (Å²) in [6.07, 6.45) is 0. The maximum Gasteiger partial charge on any atom is 0.186 e. The SMILES string of the molecule is CC(C)(C)c1ccc(C2=C(c3ccc(C(C)(C)C)cc3C(C)(C)C)C(P(O)O)(P(O)O)C(c3ccc(C(C)(C)C)cc3C(C)(C)C)C3=C2c2cccc(-c4ccc(C(C)(C)C)cc4C(C)(C)C)c23)c(C(C)(C)C)c1. The van der Waals surface area contributed by atoms with Gasteiger partial charge in [-0.05, 0) is 149 Å². The van der Waals surface area contributed by atoms with Crippen LogP contribution in [-0.2, 0) is 43.3 Å². The molecule has 4 nitrogen and oxygen atoms in total. The molecule has 74 heavy (non-hydrogen) atoms. The van der Waals surface area contributed by atoms with Crippen LogP contribution in [0.4, 0.5) is 0 Å². The van der Waals surface area contributed by atoms with Crippen molar-refractivity contribution in [3.05, 3.63) is 163 Å². The molecule has 0 aliphatic heterocycles. The highest BCUT2D eigenvalue weighted by Gasteiger charge is 2.64. The molecule has 6 heteroatoms. The van der Waals surface area contributed by atoms with Crippen molar-refractivity contribution in [1.29, 1.82) is 0 Å². The fourth-order valence-electron chi connectivity index (χ4n) is 11.7. The second-order valence-corrected chi connectivity index (χ2v) is 33.0. The van der Waals surface area contributed by atoms with Crippen LogP contribution < -0.4 is 0 Å². The largest absolute Gasteiger partial charge is 0.349 e. The van der Waals surface area contributed by atoms with Gasteiger partial charge >= 0.3 is 0 Å². The third-order valence-electron chi connectivity index (χ3n) is 16.0. The highest BCUT2D eigenvalue weighted by molar-refractivity contribution is 7.67. The van der Waals surface area contributed by atoms with Gasteiger partial charge < -0.3 is 19.6 Å². The van der Waals surface area contributed by atoms with E-state index in [1.807, 2.05) is 0 Å². The van der Waals surface area contributed by atoms with Crippen molar-refractivity contribution >= 4 is 39.0 Å². The first kappa shape index (κ1) is 58.0. The predicted octanol–water partition coefficient (Wildman–Crippen LogP) is 18.7. The second kappa shape index (κ2) is 18.7. The van der Waals surface area contributed by atoms with Crippen molar-refractivity contribution in [2.45, 2.75) is 220 Å². The average Bonchev–Trinajstić information content (AvgIpc) is 3.23. The van der Waals surface area contributed by atoms with Crippen molar-refractivity contribution in [3.8, 4) is 11.1 Å². The molecule has 7 rings (SSSR count). The van der Waals surface area contributed by atoms with Crippen LogP contribution in [0.15, 0.2) is 91.0 Å². The second-order valence-electron chi connectivity index (χ2n) is 30.1. The summed E-state index contributed by atoms with van der Waals surface area (Å²) in [6, 6.07) is 33.8. The molecule has 0 spiro atoms. The first-order valence-electron chi connectivity index (χ1n) is 27.1. The van der Waals surface area contributed by atoms with E-state index in [-0.39, 0.29) is 32.5 Å². The topological polar surface area (TPSA) is 80.9 Å². The monoisotopic (exact) mass is 1030 g/mol. The molecule has 0 radical (unpaired) electrons. The van der Waals surface area contributed by atoms with Crippen LogP contribution in [-0.4, -0.2) is 24.5 Å². The molecule has 5 aromatic rings. The summed E-state index contributed by atoms with van der Waals surface area (Å²) in [5.41, 5.74) is 17.4. The molecule has 0 saturated heterocycles. The molecule has 0 bridgehead atoms. The number of hydrogen-bond acceptors (Lipinski definition) is 4. The number of rotatable bonds is 6. The van der Waals surface area contributed by atoms with Gasteiger partial charge in [0.15, 0.2) is 16.8 Å². The van der Waals surface area contributed by atoms with E-state index in [4.69, 9.17) is 0 Å². The molecule has 2 aliphatic rings. The number of benzene rings is 5. The first-order valence-corrected chi connectivity index (χ1v) is 29.6. The molecule has 0 fully saturated rings.